The van der Waals surface area contributed by atoms with E-state index in [4.69, 9.17) is 5.26 Å². The van der Waals surface area contributed by atoms with Gasteiger partial charge >= 0.3 is 6.18 Å². The Kier molecular flexibility index (Phi) is 4.85. The first kappa shape index (κ1) is 13.5. The summed E-state index contributed by atoms with van der Waals surface area (Å²) in [7, 11) is 0.777. The number of hydrogen-bond donors (Lipinski definition) is 0. The molecule has 0 amide bonds. The van der Waals surface area contributed by atoms with E-state index in [1.165, 1.54) is 6.07 Å². The Morgan fingerprint density at radius 2 is 2.00 bits per heavy atom. The monoisotopic (exact) mass is 221 g/mol. The summed E-state index contributed by atoms with van der Waals surface area (Å²) in [5, 5.41) is 8.48. The summed E-state index contributed by atoms with van der Waals surface area (Å²) in [6.07, 6.45) is -4.55. The van der Waals surface area contributed by atoms with E-state index in [0.29, 0.717) is 6.42 Å². The molecular formula is C9H10F3NO2. The van der Waals surface area contributed by atoms with Gasteiger partial charge in [-0.05, 0) is 6.42 Å². The van der Waals surface area contributed by atoms with Gasteiger partial charge in [0.1, 0.15) is 11.6 Å². The fourth-order valence-electron chi connectivity index (χ4n) is 0.951. The van der Waals surface area contributed by atoms with Gasteiger partial charge in [0.15, 0.2) is 5.78 Å². The Bertz CT molecular complexity index is 312. The first-order valence-electron chi connectivity index (χ1n) is 4.17. The van der Waals surface area contributed by atoms with E-state index < -0.39 is 23.3 Å². The quantitative estimate of drug-likeness (QED) is 0.416. The van der Waals surface area contributed by atoms with Gasteiger partial charge in [-0.1, -0.05) is 6.92 Å². The lowest BCUT2D eigenvalue weighted by Gasteiger charge is -2.11. The number of hydrogen-bond acceptors (Lipinski definition) is 3. The number of carbonyl (C=O) groups excluding carboxylic acids is 1. The van der Waals surface area contributed by atoms with Crippen LogP contribution in [0.4, 0.5) is 13.2 Å². The molecule has 15 heavy (non-hydrogen) atoms. The van der Waals surface area contributed by atoms with Gasteiger partial charge in [-0.2, -0.15) is 18.4 Å². The van der Waals surface area contributed by atoms with Gasteiger partial charge < -0.3 is 4.74 Å². The van der Waals surface area contributed by atoms with Gasteiger partial charge in [0.2, 0.25) is 5.76 Å². The Balaban J connectivity index is 5.29. The summed E-state index contributed by atoms with van der Waals surface area (Å²) in [6, 6.07) is 1.23. The van der Waals surface area contributed by atoms with Gasteiger partial charge in [-0.3, -0.25) is 4.79 Å². The molecule has 0 saturated heterocycles. The smallest absolute Gasteiger partial charge is 0.450 e. The normalized spacial score (nSPS) is 12.8. The van der Waals surface area contributed by atoms with E-state index >= 15 is 0 Å². The zero-order valence-electron chi connectivity index (χ0n) is 8.31. The number of alkyl halides is 3. The predicted octanol–water partition coefficient (Wildman–Crippen LogP) is 2.34. The average Bonchev–Trinajstić information content (AvgIpc) is 2.11. The second-order valence-corrected chi connectivity index (χ2v) is 2.69. The van der Waals surface area contributed by atoms with Crippen LogP contribution in [0.2, 0.25) is 0 Å². The first-order valence-corrected chi connectivity index (χ1v) is 4.17. The first-order chi connectivity index (χ1) is 6.88. The van der Waals surface area contributed by atoms with Crippen LogP contribution in [0.15, 0.2) is 11.3 Å². The molecule has 0 heterocycles. The third kappa shape index (κ3) is 3.62. The molecule has 0 aromatic rings. The number of nitrogens with zero attached hydrogens (tertiary/aromatic N) is 1. The molecule has 6 heteroatoms. The van der Waals surface area contributed by atoms with Gasteiger partial charge in [-0.15, -0.1) is 0 Å². The van der Waals surface area contributed by atoms with Crippen molar-refractivity contribution in [1.82, 2.24) is 0 Å². The largest absolute Gasteiger partial charge is 0.491 e. The van der Waals surface area contributed by atoms with Crippen LogP contribution >= 0.6 is 0 Å². The van der Waals surface area contributed by atoms with Crippen LogP contribution in [0.1, 0.15) is 19.8 Å². The van der Waals surface area contributed by atoms with Crippen LogP contribution in [0.3, 0.4) is 0 Å². The standard InChI is InChI=1S/C9H10F3NO2/c1-3-4-7(14)6(5-13)8(15-2)9(10,11)12/h3-4H2,1-2H3/b8-6-. The lowest BCUT2D eigenvalue weighted by molar-refractivity contribution is -0.130. The molecule has 0 radical (unpaired) electrons. The number of ether oxygens (including phenoxy) is 1. The highest BCUT2D eigenvalue weighted by Gasteiger charge is 2.39. The van der Waals surface area contributed by atoms with Crippen molar-refractivity contribution in [2.45, 2.75) is 25.9 Å². The molecule has 0 spiro atoms. The number of rotatable bonds is 4. The third-order valence-electron chi connectivity index (χ3n) is 1.56. The minimum absolute atomic E-state index is 0.105. The molecule has 0 N–H and O–H groups in total. The molecular weight excluding hydrogens is 211 g/mol. The second-order valence-electron chi connectivity index (χ2n) is 2.69. The van der Waals surface area contributed by atoms with Crippen LogP contribution in [0.5, 0.6) is 0 Å². The lowest BCUT2D eigenvalue weighted by Crippen LogP contribution is -2.19. The molecule has 3 nitrogen and oxygen atoms in total. The maximum atomic E-state index is 12.3. The molecule has 0 aliphatic heterocycles. The molecule has 0 bridgehead atoms. The number of nitriles is 1. The Labute approximate surface area is 85.1 Å². The zero-order valence-corrected chi connectivity index (χ0v) is 8.31. The van der Waals surface area contributed by atoms with Gasteiger partial charge in [0, 0.05) is 6.42 Å². The maximum absolute atomic E-state index is 12.3. The van der Waals surface area contributed by atoms with E-state index in [0.717, 1.165) is 7.11 Å². The third-order valence-corrected chi connectivity index (χ3v) is 1.56. The van der Waals surface area contributed by atoms with Crippen molar-refractivity contribution in [3.8, 4) is 6.07 Å². The highest BCUT2D eigenvalue weighted by Crippen LogP contribution is 2.29. The molecule has 0 atom stereocenters. The fourth-order valence-corrected chi connectivity index (χ4v) is 0.951. The van der Waals surface area contributed by atoms with Crippen LogP contribution in [-0.4, -0.2) is 19.1 Å². The van der Waals surface area contributed by atoms with Gasteiger partial charge in [0.05, 0.1) is 7.11 Å². The second kappa shape index (κ2) is 5.39. The van der Waals surface area contributed by atoms with Crippen LogP contribution in [0, 0.1) is 11.3 Å². The lowest BCUT2D eigenvalue weighted by atomic mass is 10.1. The Morgan fingerprint density at radius 1 is 1.47 bits per heavy atom. The van der Waals surface area contributed by atoms with Crippen molar-refractivity contribution in [3.05, 3.63) is 11.3 Å². The molecule has 0 aliphatic carbocycles. The molecule has 0 saturated carbocycles. The Morgan fingerprint density at radius 3 is 2.27 bits per heavy atom. The van der Waals surface area contributed by atoms with E-state index in [1.807, 2.05) is 0 Å². The molecule has 0 aromatic carbocycles. The maximum Gasteiger partial charge on any atom is 0.450 e. The predicted molar refractivity (Wildman–Crippen MR) is 45.6 cm³/mol. The van der Waals surface area contributed by atoms with Crippen molar-refractivity contribution in [1.29, 1.82) is 5.26 Å². The summed E-state index contributed by atoms with van der Waals surface area (Å²) in [6.45, 7) is 1.63. The van der Waals surface area contributed by atoms with E-state index in [-0.39, 0.29) is 6.42 Å². The number of methoxy groups -OCH3 is 1. The topological polar surface area (TPSA) is 50.1 Å². The molecule has 84 valence electrons. The van der Waals surface area contributed by atoms with Crippen LogP contribution < -0.4 is 0 Å². The SMILES string of the molecule is CCCC(=O)/C(C#N)=C(\OC)C(F)(F)F. The van der Waals surface area contributed by atoms with Crippen molar-refractivity contribution in [2.24, 2.45) is 0 Å². The highest BCUT2D eigenvalue weighted by atomic mass is 19.4. The van der Waals surface area contributed by atoms with Crippen molar-refractivity contribution in [3.63, 3.8) is 0 Å². The fraction of sp³-hybridized carbons (Fsp3) is 0.556. The van der Waals surface area contributed by atoms with Crippen molar-refractivity contribution >= 4 is 5.78 Å². The zero-order chi connectivity index (χ0) is 12.1. The van der Waals surface area contributed by atoms with Crippen LogP contribution in [0.25, 0.3) is 0 Å². The molecule has 0 aliphatic rings. The summed E-state index contributed by atoms with van der Waals surface area (Å²) in [5.74, 6) is -2.38. The van der Waals surface area contributed by atoms with E-state index in [1.54, 1.807) is 6.92 Å². The number of carbonyl (C=O) groups is 1. The molecule has 0 aromatic heterocycles. The van der Waals surface area contributed by atoms with Gasteiger partial charge in [-0.25, -0.2) is 0 Å². The summed E-state index contributed by atoms with van der Waals surface area (Å²) in [4.78, 5) is 11.2. The van der Waals surface area contributed by atoms with Gasteiger partial charge in [0.25, 0.3) is 0 Å². The summed E-state index contributed by atoms with van der Waals surface area (Å²) < 4.78 is 40.9. The molecule has 0 rings (SSSR count). The van der Waals surface area contributed by atoms with Crippen molar-refractivity contribution < 1.29 is 22.7 Å². The number of ketones is 1. The number of allylic oxidation sites excluding steroid dienone is 2. The molecule has 0 unspecified atom stereocenters. The van der Waals surface area contributed by atoms with Crippen molar-refractivity contribution in [2.75, 3.05) is 7.11 Å². The molecule has 0 fully saturated rings. The minimum atomic E-state index is -4.82. The summed E-state index contributed by atoms with van der Waals surface area (Å²) >= 11 is 0. The summed E-state index contributed by atoms with van der Waals surface area (Å²) in [5.41, 5.74) is -0.966. The highest BCUT2D eigenvalue weighted by molar-refractivity contribution is 5.99. The van der Waals surface area contributed by atoms with E-state index in [9.17, 15) is 18.0 Å². The average molecular weight is 221 g/mol. The minimum Gasteiger partial charge on any atom is -0.491 e. The van der Waals surface area contributed by atoms with E-state index in [2.05, 4.69) is 4.74 Å². The number of halogens is 3. The van der Waals surface area contributed by atoms with Crippen LogP contribution in [-0.2, 0) is 9.53 Å². The Hall–Kier alpha value is -1.51. The number of Topliss-reactive ketones (excluding diaryl/α,β-unsaturated/α-hetero) is 1.